The van der Waals surface area contributed by atoms with Crippen LogP contribution in [0.1, 0.15) is 52.4 Å². The fraction of sp³-hybridized carbons (Fsp3) is 0.938. The van der Waals surface area contributed by atoms with Gasteiger partial charge in [-0.25, -0.2) is 8.42 Å². The van der Waals surface area contributed by atoms with Crippen LogP contribution in [0, 0.1) is 23.2 Å². The number of amides is 1. The van der Waals surface area contributed by atoms with Crippen LogP contribution in [0.15, 0.2) is 0 Å². The molecule has 0 bridgehead atoms. The Balaban J connectivity index is 1.52. The van der Waals surface area contributed by atoms with Gasteiger partial charge in [0.1, 0.15) is 9.84 Å². The number of carbonyl (C=O) groups is 1. The molecule has 4 atom stereocenters. The lowest BCUT2D eigenvalue weighted by Gasteiger charge is -2.33. The van der Waals surface area contributed by atoms with Gasteiger partial charge < -0.3 is 5.32 Å². The molecule has 1 N–H and O–H groups in total. The van der Waals surface area contributed by atoms with Crippen molar-refractivity contribution >= 4 is 15.7 Å². The van der Waals surface area contributed by atoms with Crippen LogP contribution >= 0.6 is 0 Å². The summed E-state index contributed by atoms with van der Waals surface area (Å²) < 4.78 is 23.1. The highest BCUT2D eigenvalue weighted by Crippen LogP contribution is 2.59. The molecule has 4 nitrogen and oxygen atoms in total. The fourth-order valence-corrected chi connectivity index (χ4v) is 5.84. The smallest absolute Gasteiger partial charge is 0.223 e. The third kappa shape index (κ3) is 3.13. The van der Waals surface area contributed by atoms with Gasteiger partial charge in [-0.05, 0) is 55.8 Å². The van der Waals surface area contributed by atoms with E-state index in [1.165, 1.54) is 6.42 Å². The molecule has 1 amide bonds. The summed E-state index contributed by atoms with van der Waals surface area (Å²) in [5, 5.41) is 3.24. The summed E-state index contributed by atoms with van der Waals surface area (Å²) in [7, 11) is -2.84. The molecule has 0 unspecified atom stereocenters. The third-order valence-corrected chi connectivity index (χ3v) is 7.92. The average molecular weight is 313 g/mol. The number of hydrogen-bond donors (Lipinski definition) is 1. The van der Waals surface area contributed by atoms with E-state index in [0.717, 1.165) is 25.2 Å². The van der Waals surface area contributed by atoms with Gasteiger partial charge in [-0.3, -0.25) is 4.79 Å². The molecule has 1 aliphatic heterocycles. The minimum absolute atomic E-state index is 0.0168. The first-order valence-corrected chi connectivity index (χ1v) is 10.1. The van der Waals surface area contributed by atoms with Crippen LogP contribution in [-0.2, 0) is 14.6 Å². The first kappa shape index (κ1) is 15.3. The molecule has 3 fully saturated rings. The van der Waals surface area contributed by atoms with Gasteiger partial charge >= 0.3 is 0 Å². The van der Waals surface area contributed by atoms with Crippen LogP contribution in [0.25, 0.3) is 0 Å². The molecule has 0 aromatic heterocycles. The summed E-state index contributed by atoms with van der Waals surface area (Å²) in [4.78, 5) is 12.4. The Labute approximate surface area is 128 Å². The lowest BCUT2D eigenvalue weighted by atomic mass is 9.79. The minimum Gasteiger partial charge on any atom is -0.353 e. The van der Waals surface area contributed by atoms with Gasteiger partial charge in [0.15, 0.2) is 0 Å². The van der Waals surface area contributed by atoms with Gasteiger partial charge in [0, 0.05) is 12.0 Å². The summed E-state index contributed by atoms with van der Waals surface area (Å²) >= 11 is 0. The molecule has 2 saturated carbocycles. The van der Waals surface area contributed by atoms with E-state index < -0.39 is 9.84 Å². The molecule has 5 heteroatoms. The molecule has 2 aliphatic carbocycles. The first-order chi connectivity index (χ1) is 9.81. The summed E-state index contributed by atoms with van der Waals surface area (Å²) in [5.41, 5.74) is 0.0168. The molecular formula is C16H27NO3S. The Morgan fingerprint density at radius 1 is 1.10 bits per heavy atom. The maximum absolute atomic E-state index is 12.4. The Morgan fingerprint density at radius 3 is 2.38 bits per heavy atom. The van der Waals surface area contributed by atoms with Gasteiger partial charge in [-0.15, -0.1) is 0 Å². The van der Waals surface area contributed by atoms with Crippen LogP contribution in [-0.4, -0.2) is 31.9 Å². The second kappa shape index (κ2) is 5.25. The number of hydrogen-bond acceptors (Lipinski definition) is 3. The Hall–Kier alpha value is -0.580. The molecule has 1 saturated heterocycles. The molecule has 3 aliphatic rings. The zero-order valence-electron chi connectivity index (χ0n) is 13.1. The minimum atomic E-state index is -2.84. The average Bonchev–Trinajstić information content (AvgIpc) is 3.13. The van der Waals surface area contributed by atoms with Crippen LogP contribution in [0.2, 0.25) is 0 Å². The standard InChI is InChI=1S/C16H27NO3S/c1-11-3-4-13(9-12(11)2)17-15(18)14-10-16(14)5-7-21(19,20)8-6-16/h11-14H,3-10H2,1-2H3,(H,17,18)/t11-,12+,13+,14+/m1/s1. The van der Waals surface area contributed by atoms with Crippen molar-refractivity contribution in [3.05, 3.63) is 0 Å². The zero-order chi connectivity index (χ0) is 15.3. The lowest BCUT2D eigenvalue weighted by Crippen LogP contribution is -2.41. The summed E-state index contributed by atoms with van der Waals surface area (Å²) in [6.07, 6.45) is 5.64. The van der Waals surface area contributed by atoms with E-state index in [1.54, 1.807) is 0 Å². The van der Waals surface area contributed by atoms with Crippen LogP contribution in [0.4, 0.5) is 0 Å². The lowest BCUT2D eigenvalue weighted by molar-refractivity contribution is -0.124. The van der Waals surface area contributed by atoms with Gasteiger partial charge in [0.2, 0.25) is 5.91 Å². The van der Waals surface area contributed by atoms with E-state index in [-0.39, 0.29) is 28.7 Å². The summed E-state index contributed by atoms with van der Waals surface area (Å²) in [5.74, 6) is 2.23. The van der Waals surface area contributed by atoms with Crippen molar-refractivity contribution in [3.8, 4) is 0 Å². The van der Waals surface area contributed by atoms with Gasteiger partial charge in [-0.1, -0.05) is 13.8 Å². The van der Waals surface area contributed by atoms with E-state index in [9.17, 15) is 13.2 Å². The second-order valence-corrected chi connectivity index (χ2v) is 10.0. The largest absolute Gasteiger partial charge is 0.353 e. The zero-order valence-corrected chi connectivity index (χ0v) is 13.9. The topological polar surface area (TPSA) is 63.2 Å². The fourth-order valence-electron chi connectivity index (χ4n) is 4.20. The van der Waals surface area contributed by atoms with Crippen molar-refractivity contribution in [2.75, 3.05) is 11.5 Å². The maximum Gasteiger partial charge on any atom is 0.223 e. The summed E-state index contributed by atoms with van der Waals surface area (Å²) in [6.45, 7) is 4.56. The first-order valence-electron chi connectivity index (χ1n) is 8.32. The van der Waals surface area contributed by atoms with E-state index in [2.05, 4.69) is 19.2 Å². The van der Waals surface area contributed by atoms with Gasteiger partial charge in [-0.2, -0.15) is 0 Å². The van der Waals surface area contributed by atoms with E-state index in [1.807, 2.05) is 0 Å². The highest BCUT2D eigenvalue weighted by molar-refractivity contribution is 7.91. The maximum atomic E-state index is 12.4. The van der Waals surface area contributed by atoms with Gasteiger partial charge in [0.25, 0.3) is 0 Å². The summed E-state index contributed by atoms with van der Waals surface area (Å²) in [6, 6.07) is 0.327. The van der Waals surface area contributed by atoms with Gasteiger partial charge in [0.05, 0.1) is 11.5 Å². The predicted molar refractivity (Wildman–Crippen MR) is 82.5 cm³/mol. The molecule has 0 aromatic rings. The van der Waals surface area contributed by atoms with Crippen molar-refractivity contribution in [1.29, 1.82) is 0 Å². The number of carbonyl (C=O) groups excluding carboxylic acids is 1. The van der Waals surface area contributed by atoms with Crippen molar-refractivity contribution in [1.82, 2.24) is 5.32 Å². The molecule has 21 heavy (non-hydrogen) atoms. The second-order valence-electron chi connectivity index (χ2n) is 7.74. The Kier molecular flexibility index (Phi) is 3.83. The Bertz CT molecular complexity index is 514. The predicted octanol–water partition coefficient (Wildman–Crippen LogP) is 2.14. The van der Waals surface area contributed by atoms with Crippen LogP contribution in [0.3, 0.4) is 0 Å². The van der Waals surface area contributed by atoms with Crippen LogP contribution < -0.4 is 5.32 Å². The SMILES string of the molecule is C[C@@H]1CC[C@H](NC(=O)[C@@H]2CC23CCS(=O)(=O)CC3)C[C@@H]1C. The van der Waals surface area contributed by atoms with E-state index in [4.69, 9.17) is 0 Å². The molecule has 120 valence electrons. The molecular weight excluding hydrogens is 286 g/mol. The van der Waals surface area contributed by atoms with Crippen LogP contribution in [0.5, 0.6) is 0 Å². The monoisotopic (exact) mass is 313 g/mol. The quantitative estimate of drug-likeness (QED) is 0.849. The van der Waals surface area contributed by atoms with Crippen molar-refractivity contribution in [2.45, 2.75) is 58.4 Å². The Morgan fingerprint density at radius 2 is 1.76 bits per heavy atom. The number of nitrogens with one attached hydrogen (secondary N) is 1. The molecule has 0 aromatic carbocycles. The molecule has 1 heterocycles. The van der Waals surface area contributed by atoms with Crippen molar-refractivity contribution in [2.24, 2.45) is 23.2 Å². The third-order valence-electron chi connectivity index (χ3n) is 6.27. The highest BCUT2D eigenvalue weighted by Gasteiger charge is 2.59. The molecule has 1 spiro atoms. The van der Waals surface area contributed by atoms with E-state index in [0.29, 0.717) is 24.8 Å². The number of sulfone groups is 1. The van der Waals surface area contributed by atoms with Crippen molar-refractivity contribution in [3.63, 3.8) is 0 Å². The molecule has 0 radical (unpaired) electrons. The normalized spacial score (nSPS) is 40.7. The number of rotatable bonds is 2. The van der Waals surface area contributed by atoms with E-state index >= 15 is 0 Å². The molecule has 3 rings (SSSR count). The highest BCUT2D eigenvalue weighted by atomic mass is 32.2. The van der Waals surface area contributed by atoms with Crippen molar-refractivity contribution < 1.29 is 13.2 Å².